The number of nitrogens with two attached hydrogens (primary N) is 1. The van der Waals surface area contributed by atoms with E-state index in [0.29, 0.717) is 6.54 Å². The number of hydrogen-bond acceptors (Lipinski definition) is 4. The summed E-state index contributed by atoms with van der Waals surface area (Å²) in [5.74, 6) is 1.05. The Morgan fingerprint density at radius 3 is 2.95 bits per heavy atom. The first-order valence-corrected chi connectivity index (χ1v) is 7.48. The molecule has 0 bridgehead atoms. The lowest BCUT2D eigenvalue weighted by Gasteiger charge is -2.37. The Hall–Kier alpha value is -1.10. The minimum absolute atomic E-state index is 0.157. The van der Waals surface area contributed by atoms with Gasteiger partial charge in [0.15, 0.2) is 0 Å². The van der Waals surface area contributed by atoms with Gasteiger partial charge in [0.25, 0.3) is 0 Å². The predicted octanol–water partition coefficient (Wildman–Crippen LogP) is 1.35. The Labute approximate surface area is 120 Å². The van der Waals surface area contributed by atoms with Crippen LogP contribution in [-0.2, 0) is 11.2 Å². The van der Waals surface area contributed by atoms with Gasteiger partial charge < -0.3 is 15.2 Å². The molecule has 4 heteroatoms. The van der Waals surface area contributed by atoms with Gasteiger partial charge in [0.05, 0.1) is 12.2 Å². The first-order valence-electron chi connectivity index (χ1n) is 7.48. The summed E-state index contributed by atoms with van der Waals surface area (Å²) in [6.45, 7) is 7.66. The number of ether oxygens (including phenoxy) is 2. The number of fused-ring (bicyclic) bond motifs is 1. The zero-order chi connectivity index (χ0) is 14.1. The minimum atomic E-state index is 0.157. The Morgan fingerprint density at radius 1 is 1.30 bits per heavy atom. The molecule has 0 spiro atoms. The molecular weight excluding hydrogens is 252 g/mol. The van der Waals surface area contributed by atoms with E-state index >= 15 is 0 Å². The lowest BCUT2D eigenvalue weighted by Crippen LogP contribution is -2.51. The monoisotopic (exact) mass is 276 g/mol. The molecule has 1 saturated heterocycles. The summed E-state index contributed by atoms with van der Waals surface area (Å²) in [7, 11) is 0. The van der Waals surface area contributed by atoms with E-state index in [9.17, 15) is 0 Å². The quantitative estimate of drug-likeness (QED) is 0.905. The molecule has 3 atom stereocenters. The van der Waals surface area contributed by atoms with Crippen LogP contribution in [0, 0.1) is 6.92 Å². The predicted molar refractivity (Wildman–Crippen MR) is 79.1 cm³/mol. The van der Waals surface area contributed by atoms with Crippen LogP contribution in [0.15, 0.2) is 18.2 Å². The van der Waals surface area contributed by atoms with Crippen LogP contribution < -0.4 is 10.5 Å². The van der Waals surface area contributed by atoms with Crippen molar-refractivity contribution >= 4 is 0 Å². The molecule has 3 unspecified atom stereocenters. The van der Waals surface area contributed by atoms with E-state index in [1.807, 2.05) is 0 Å². The average Bonchev–Trinajstić information content (AvgIpc) is 2.79. The minimum Gasteiger partial charge on any atom is -0.488 e. The summed E-state index contributed by atoms with van der Waals surface area (Å²) in [6, 6.07) is 6.44. The number of hydrogen-bond donors (Lipinski definition) is 1. The maximum absolute atomic E-state index is 6.06. The van der Waals surface area contributed by atoms with E-state index in [1.165, 1.54) is 11.1 Å². The number of rotatable bonds is 3. The van der Waals surface area contributed by atoms with Crippen LogP contribution in [0.25, 0.3) is 0 Å². The van der Waals surface area contributed by atoms with Crippen LogP contribution in [0.4, 0.5) is 0 Å². The zero-order valence-corrected chi connectivity index (χ0v) is 12.3. The summed E-state index contributed by atoms with van der Waals surface area (Å²) < 4.78 is 11.9. The lowest BCUT2D eigenvalue weighted by molar-refractivity contribution is -0.0778. The molecule has 110 valence electrons. The smallest absolute Gasteiger partial charge is 0.123 e. The first kappa shape index (κ1) is 13.9. The van der Waals surface area contributed by atoms with E-state index in [2.05, 4.69) is 36.9 Å². The molecule has 4 nitrogen and oxygen atoms in total. The third kappa shape index (κ3) is 2.97. The lowest BCUT2D eigenvalue weighted by atomic mass is 10.1. The van der Waals surface area contributed by atoms with Gasteiger partial charge in [-0.15, -0.1) is 0 Å². The van der Waals surface area contributed by atoms with Gasteiger partial charge in [-0.2, -0.15) is 0 Å². The van der Waals surface area contributed by atoms with Crippen molar-refractivity contribution in [1.29, 1.82) is 0 Å². The molecule has 2 heterocycles. The van der Waals surface area contributed by atoms with Gasteiger partial charge in [-0.1, -0.05) is 17.7 Å². The van der Waals surface area contributed by atoms with Crippen LogP contribution in [0.5, 0.6) is 5.75 Å². The van der Waals surface area contributed by atoms with E-state index in [4.69, 9.17) is 15.2 Å². The number of nitrogens with zero attached hydrogens (tertiary/aromatic N) is 1. The molecule has 0 aliphatic carbocycles. The molecule has 0 amide bonds. The largest absolute Gasteiger partial charge is 0.488 e. The van der Waals surface area contributed by atoms with E-state index in [0.717, 1.165) is 31.8 Å². The second-order valence-corrected chi connectivity index (χ2v) is 6.08. The third-order valence-corrected chi connectivity index (χ3v) is 4.08. The van der Waals surface area contributed by atoms with Gasteiger partial charge in [-0.05, 0) is 25.5 Å². The fraction of sp³-hybridized carbons (Fsp3) is 0.625. The van der Waals surface area contributed by atoms with Crippen LogP contribution in [0.1, 0.15) is 18.1 Å². The van der Waals surface area contributed by atoms with Gasteiger partial charge in [0.1, 0.15) is 11.9 Å². The second kappa shape index (κ2) is 5.72. The maximum atomic E-state index is 6.06. The van der Waals surface area contributed by atoms with Gasteiger partial charge in [-0.25, -0.2) is 0 Å². The molecule has 2 N–H and O–H groups in total. The van der Waals surface area contributed by atoms with Crippen molar-refractivity contribution in [3.05, 3.63) is 29.3 Å². The normalized spacial score (nSPS) is 30.1. The molecule has 1 aromatic carbocycles. The SMILES string of the molecule is Cc1ccc2c(c1)CC(CN1CC(C)OC(CN)C1)O2. The number of morpholine rings is 1. The van der Waals surface area contributed by atoms with Crippen LogP contribution in [-0.4, -0.2) is 49.4 Å². The fourth-order valence-corrected chi connectivity index (χ4v) is 3.26. The summed E-state index contributed by atoms with van der Waals surface area (Å²) in [4.78, 5) is 2.43. The molecule has 0 aromatic heterocycles. The first-order chi connectivity index (χ1) is 9.64. The van der Waals surface area contributed by atoms with Gasteiger partial charge in [0, 0.05) is 32.6 Å². The van der Waals surface area contributed by atoms with Crippen molar-refractivity contribution in [2.75, 3.05) is 26.2 Å². The van der Waals surface area contributed by atoms with Crippen molar-refractivity contribution in [3.63, 3.8) is 0 Å². The zero-order valence-electron chi connectivity index (χ0n) is 12.3. The van der Waals surface area contributed by atoms with Crippen LogP contribution in [0.2, 0.25) is 0 Å². The van der Waals surface area contributed by atoms with Crippen molar-refractivity contribution in [1.82, 2.24) is 4.90 Å². The standard InChI is InChI=1S/C16H24N2O2/c1-11-3-4-16-13(5-11)6-14(20-16)9-18-8-12(2)19-15(7-17)10-18/h3-5,12,14-15H,6-10,17H2,1-2H3. The highest BCUT2D eigenvalue weighted by molar-refractivity contribution is 5.40. The summed E-state index contributed by atoms with van der Waals surface area (Å²) in [5, 5.41) is 0. The van der Waals surface area contributed by atoms with E-state index in [-0.39, 0.29) is 18.3 Å². The molecule has 0 saturated carbocycles. The van der Waals surface area contributed by atoms with Crippen molar-refractivity contribution in [2.24, 2.45) is 5.73 Å². The number of benzene rings is 1. The highest BCUT2D eigenvalue weighted by atomic mass is 16.5. The van der Waals surface area contributed by atoms with Gasteiger partial charge in [0.2, 0.25) is 0 Å². The molecule has 2 aliphatic heterocycles. The van der Waals surface area contributed by atoms with Crippen molar-refractivity contribution in [2.45, 2.75) is 38.6 Å². The van der Waals surface area contributed by atoms with Gasteiger partial charge in [-0.3, -0.25) is 4.90 Å². The Morgan fingerprint density at radius 2 is 2.15 bits per heavy atom. The molecule has 0 radical (unpaired) electrons. The average molecular weight is 276 g/mol. The molecular formula is C16H24N2O2. The Kier molecular flexibility index (Phi) is 3.96. The van der Waals surface area contributed by atoms with E-state index < -0.39 is 0 Å². The van der Waals surface area contributed by atoms with Crippen molar-refractivity contribution in [3.8, 4) is 5.75 Å². The second-order valence-electron chi connectivity index (χ2n) is 6.08. The Bertz CT molecular complexity index is 478. The van der Waals surface area contributed by atoms with Crippen LogP contribution in [0.3, 0.4) is 0 Å². The molecule has 1 aromatic rings. The number of aryl methyl sites for hydroxylation is 1. The molecule has 2 aliphatic rings. The van der Waals surface area contributed by atoms with Crippen LogP contribution >= 0.6 is 0 Å². The van der Waals surface area contributed by atoms with Crippen molar-refractivity contribution < 1.29 is 9.47 Å². The van der Waals surface area contributed by atoms with Gasteiger partial charge >= 0.3 is 0 Å². The Balaban J connectivity index is 1.60. The molecule has 3 rings (SSSR count). The van der Waals surface area contributed by atoms with E-state index in [1.54, 1.807) is 0 Å². The highest BCUT2D eigenvalue weighted by Crippen LogP contribution is 2.30. The highest BCUT2D eigenvalue weighted by Gasteiger charge is 2.29. The maximum Gasteiger partial charge on any atom is 0.123 e. The molecule has 20 heavy (non-hydrogen) atoms. The summed E-state index contributed by atoms with van der Waals surface area (Å²) >= 11 is 0. The molecule has 1 fully saturated rings. The fourth-order valence-electron chi connectivity index (χ4n) is 3.26. The topological polar surface area (TPSA) is 47.7 Å². The third-order valence-electron chi connectivity index (χ3n) is 4.08. The summed E-state index contributed by atoms with van der Waals surface area (Å²) in [5.41, 5.74) is 8.38. The summed E-state index contributed by atoms with van der Waals surface area (Å²) in [6.07, 6.45) is 1.68.